The Morgan fingerprint density at radius 2 is 1.76 bits per heavy atom. The second kappa shape index (κ2) is 5.23. The van der Waals surface area contributed by atoms with E-state index in [-0.39, 0.29) is 5.91 Å². The first kappa shape index (κ1) is 11.3. The summed E-state index contributed by atoms with van der Waals surface area (Å²) in [5.74, 6) is -0.234. The zero-order valence-corrected chi connectivity index (χ0v) is 9.21. The highest BCUT2D eigenvalue weighted by atomic mass is 16.2. The Balaban J connectivity index is 2.06. The molecule has 1 heterocycles. The molecule has 86 valence electrons. The number of pyridine rings is 1. The molecule has 0 bridgehead atoms. The molecule has 0 saturated carbocycles. The number of anilines is 1. The third-order valence-corrected chi connectivity index (χ3v) is 2.39. The van der Waals surface area contributed by atoms with Crippen molar-refractivity contribution in [3.05, 3.63) is 60.4 Å². The number of nitrogens with one attached hydrogen (secondary N) is 1. The summed E-state index contributed by atoms with van der Waals surface area (Å²) in [4.78, 5) is 15.7. The van der Waals surface area contributed by atoms with Crippen LogP contribution in [0.25, 0.3) is 0 Å². The maximum absolute atomic E-state index is 11.9. The first-order valence-electron chi connectivity index (χ1n) is 5.29. The normalized spacial score (nSPS) is 11.8. The third kappa shape index (κ3) is 2.89. The zero-order valence-electron chi connectivity index (χ0n) is 9.21. The van der Waals surface area contributed by atoms with Crippen molar-refractivity contribution in [1.29, 1.82) is 0 Å². The fourth-order valence-corrected chi connectivity index (χ4v) is 1.47. The third-order valence-electron chi connectivity index (χ3n) is 2.39. The number of rotatable bonds is 3. The van der Waals surface area contributed by atoms with Crippen LogP contribution in [0.2, 0.25) is 0 Å². The Morgan fingerprint density at radius 1 is 1.12 bits per heavy atom. The molecule has 0 aliphatic heterocycles. The average Bonchev–Trinajstić information content (AvgIpc) is 2.40. The monoisotopic (exact) mass is 227 g/mol. The molecule has 1 aromatic carbocycles. The van der Waals surface area contributed by atoms with Crippen LogP contribution in [0, 0.1) is 0 Å². The SMILES string of the molecule is N[C@H](C(=O)Nc1ccncc1)c1ccccc1. The fourth-order valence-electron chi connectivity index (χ4n) is 1.47. The minimum Gasteiger partial charge on any atom is -0.324 e. The summed E-state index contributed by atoms with van der Waals surface area (Å²) in [5, 5.41) is 2.74. The van der Waals surface area contributed by atoms with Crippen LogP contribution in [0.4, 0.5) is 5.69 Å². The van der Waals surface area contributed by atoms with Crippen LogP contribution in [0.5, 0.6) is 0 Å². The number of amides is 1. The summed E-state index contributed by atoms with van der Waals surface area (Å²) in [5.41, 5.74) is 7.34. The minimum absolute atomic E-state index is 0.234. The molecule has 0 spiro atoms. The summed E-state index contributed by atoms with van der Waals surface area (Å²) in [7, 11) is 0. The van der Waals surface area contributed by atoms with Gasteiger partial charge in [-0.2, -0.15) is 0 Å². The van der Waals surface area contributed by atoms with Crippen LogP contribution >= 0.6 is 0 Å². The van der Waals surface area contributed by atoms with Crippen LogP contribution in [-0.4, -0.2) is 10.9 Å². The van der Waals surface area contributed by atoms with Gasteiger partial charge < -0.3 is 11.1 Å². The number of benzene rings is 1. The van der Waals surface area contributed by atoms with E-state index in [1.165, 1.54) is 0 Å². The molecule has 0 radical (unpaired) electrons. The van der Waals surface area contributed by atoms with Crippen molar-refractivity contribution in [2.75, 3.05) is 5.32 Å². The maximum Gasteiger partial charge on any atom is 0.245 e. The predicted molar refractivity (Wildman–Crippen MR) is 66.2 cm³/mol. The van der Waals surface area contributed by atoms with E-state index in [9.17, 15) is 4.79 Å². The summed E-state index contributed by atoms with van der Waals surface area (Å²) in [6.07, 6.45) is 3.23. The molecule has 1 aromatic heterocycles. The number of hydrogen-bond acceptors (Lipinski definition) is 3. The van der Waals surface area contributed by atoms with E-state index >= 15 is 0 Å². The molecular weight excluding hydrogens is 214 g/mol. The van der Waals surface area contributed by atoms with Gasteiger partial charge in [-0.25, -0.2) is 0 Å². The van der Waals surface area contributed by atoms with E-state index in [0.717, 1.165) is 5.56 Å². The Hall–Kier alpha value is -2.20. The largest absolute Gasteiger partial charge is 0.324 e. The van der Waals surface area contributed by atoms with Crippen molar-refractivity contribution in [2.24, 2.45) is 5.73 Å². The van der Waals surface area contributed by atoms with Gasteiger partial charge in [0.2, 0.25) is 5.91 Å². The highest BCUT2D eigenvalue weighted by molar-refractivity contribution is 5.95. The number of hydrogen-bond donors (Lipinski definition) is 2. The number of nitrogens with zero attached hydrogens (tertiary/aromatic N) is 1. The lowest BCUT2D eigenvalue weighted by molar-refractivity contribution is -0.117. The molecular formula is C13H13N3O. The standard InChI is InChI=1S/C13H13N3O/c14-12(10-4-2-1-3-5-10)13(17)16-11-6-8-15-9-7-11/h1-9,12H,14H2,(H,15,16,17)/t12-/m0/s1. The Labute approximate surface area is 99.5 Å². The summed E-state index contributed by atoms with van der Waals surface area (Å²) in [6.45, 7) is 0. The number of aromatic nitrogens is 1. The molecule has 1 atom stereocenters. The highest BCUT2D eigenvalue weighted by Crippen LogP contribution is 2.12. The zero-order chi connectivity index (χ0) is 12.1. The quantitative estimate of drug-likeness (QED) is 0.838. The van der Waals surface area contributed by atoms with Crippen LogP contribution in [0.1, 0.15) is 11.6 Å². The maximum atomic E-state index is 11.9. The molecule has 4 heteroatoms. The van der Waals surface area contributed by atoms with Crippen molar-refractivity contribution < 1.29 is 4.79 Å². The van der Waals surface area contributed by atoms with Crippen molar-refractivity contribution in [3.63, 3.8) is 0 Å². The van der Waals surface area contributed by atoms with Crippen molar-refractivity contribution in [3.8, 4) is 0 Å². The summed E-state index contributed by atoms with van der Waals surface area (Å²) < 4.78 is 0. The van der Waals surface area contributed by atoms with Gasteiger partial charge in [-0.15, -0.1) is 0 Å². The molecule has 0 aliphatic carbocycles. The molecule has 1 amide bonds. The van der Waals surface area contributed by atoms with Crippen LogP contribution < -0.4 is 11.1 Å². The van der Waals surface area contributed by atoms with Gasteiger partial charge in [-0.3, -0.25) is 9.78 Å². The van der Waals surface area contributed by atoms with Gasteiger partial charge >= 0.3 is 0 Å². The van der Waals surface area contributed by atoms with Crippen LogP contribution in [-0.2, 0) is 4.79 Å². The number of carbonyl (C=O) groups excluding carboxylic acids is 1. The van der Waals surface area contributed by atoms with Gasteiger partial charge in [0.1, 0.15) is 6.04 Å². The average molecular weight is 227 g/mol. The lowest BCUT2D eigenvalue weighted by Gasteiger charge is -2.12. The van der Waals surface area contributed by atoms with Gasteiger partial charge in [0.15, 0.2) is 0 Å². The van der Waals surface area contributed by atoms with E-state index in [1.54, 1.807) is 24.5 Å². The van der Waals surface area contributed by atoms with Crippen molar-refractivity contribution >= 4 is 11.6 Å². The lowest BCUT2D eigenvalue weighted by Crippen LogP contribution is -2.27. The fraction of sp³-hybridized carbons (Fsp3) is 0.0769. The number of nitrogens with two attached hydrogens (primary N) is 1. The van der Waals surface area contributed by atoms with Gasteiger partial charge in [0, 0.05) is 18.1 Å². The molecule has 2 rings (SSSR count). The smallest absolute Gasteiger partial charge is 0.245 e. The van der Waals surface area contributed by atoms with E-state index in [4.69, 9.17) is 5.73 Å². The second-order valence-corrected chi connectivity index (χ2v) is 3.61. The van der Waals surface area contributed by atoms with E-state index in [0.29, 0.717) is 5.69 Å². The van der Waals surface area contributed by atoms with E-state index in [1.807, 2.05) is 30.3 Å². The topological polar surface area (TPSA) is 68.0 Å². The minimum atomic E-state index is -0.663. The molecule has 0 saturated heterocycles. The summed E-state index contributed by atoms with van der Waals surface area (Å²) >= 11 is 0. The second-order valence-electron chi connectivity index (χ2n) is 3.61. The van der Waals surface area contributed by atoms with Gasteiger partial charge in [-0.1, -0.05) is 30.3 Å². The van der Waals surface area contributed by atoms with Crippen molar-refractivity contribution in [2.45, 2.75) is 6.04 Å². The first-order valence-corrected chi connectivity index (χ1v) is 5.29. The molecule has 2 aromatic rings. The molecule has 0 aliphatic rings. The molecule has 0 fully saturated rings. The molecule has 17 heavy (non-hydrogen) atoms. The Bertz CT molecular complexity index is 485. The predicted octanol–water partition coefficient (Wildman–Crippen LogP) is 1.72. The Kier molecular flexibility index (Phi) is 3.47. The van der Waals surface area contributed by atoms with E-state index < -0.39 is 6.04 Å². The lowest BCUT2D eigenvalue weighted by atomic mass is 10.1. The van der Waals surface area contributed by atoms with Crippen molar-refractivity contribution in [1.82, 2.24) is 4.98 Å². The molecule has 4 nitrogen and oxygen atoms in total. The van der Waals surface area contributed by atoms with Crippen LogP contribution in [0.3, 0.4) is 0 Å². The Morgan fingerprint density at radius 3 is 2.41 bits per heavy atom. The first-order chi connectivity index (χ1) is 8.27. The molecule has 0 unspecified atom stereocenters. The van der Waals surface area contributed by atoms with Gasteiger partial charge in [0.05, 0.1) is 0 Å². The highest BCUT2D eigenvalue weighted by Gasteiger charge is 2.15. The van der Waals surface area contributed by atoms with Crippen LogP contribution in [0.15, 0.2) is 54.9 Å². The molecule has 3 N–H and O–H groups in total. The summed E-state index contributed by atoms with van der Waals surface area (Å²) in [6, 6.07) is 12.0. The number of carbonyl (C=O) groups is 1. The van der Waals surface area contributed by atoms with Gasteiger partial charge in [0.25, 0.3) is 0 Å². The van der Waals surface area contributed by atoms with E-state index in [2.05, 4.69) is 10.3 Å². The van der Waals surface area contributed by atoms with Gasteiger partial charge in [-0.05, 0) is 17.7 Å².